The Hall–Kier alpha value is -2.85. The van der Waals surface area contributed by atoms with E-state index in [0.717, 1.165) is 30.8 Å². The minimum Gasteiger partial charge on any atom is -0.508 e. The molecule has 1 N–H and O–H groups in total. The van der Waals surface area contributed by atoms with E-state index in [4.69, 9.17) is 9.73 Å². The third-order valence-corrected chi connectivity index (χ3v) is 7.74. The minimum absolute atomic E-state index is 0.0329. The van der Waals surface area contributed by atoms with Crippen molar-refractivity contribution >= 4 is 16.8 Å². The van der Waals surface area contributed by atoms with Crippen molar-refractivity contribution in [1.82, 2.24) is 9.21 Å². The second kappa shape index (κ2) is 12.6. The second-order valence-electron chi connectivity index (χ2n) is 8.60. The quantitative estimate of drug-likeness (QED) is 0.360. The number of ether oxygens (including phenoxy) is 1. The maximum atomic E-state index is 13.8. The first-order valence-corrected chi connectivity index (χ1v) is 13.6. The molecule has 0 aromatic heterocycles. The zero-order valence-electron chi connectivity index (χ0n) is 21.4. The van der Waals surface area contributed by atoms with Gasteiger partial charge in [0.1, 0.15) is 28.3 Å². The molecule has 0 saturated carbocycles. The Labute approximate surface area is 219 Å². The molecule has 1 aliphatic heterocycles. The highest BCUT2D eigenvalue weighted by Crippen LogP contribution is 2.40. The van der Waals surface area contributed by atoms with Crippen LogP contribution in [0.3, 0.4) is 0 Å². The number of nitrogens with zero attached hydrogens (tertiary/aromatic N) is 3. The maximum Gasteiger partial charge on any atom is 0.416 e. The van der Waals surface area contributed by atoms with E-state index < -0.39 is 28.8 Å². The smallest absolute Gasteiger partial charge is 0.416 e. The molecule has 6 nitrogen and oxygen atoms in total. The Morgan fingerprint density at radius 1 is 1.16 bits per heavy atom. The number of hydrogen-bond donors (Lipinski definition) is 1. The number of alkyl halides is 3. The lowest BCUT2D eigenvalue weighted by Gasteiger charge is -2.30. The highest BCUT2D eigenvalue weighted by atomic mass is 32.2. The molecule has 1 heterocycles. The maximum absolute atomic E-state index is 13.8. The molecule has 0 bridgehead atoms. The van der Waals surface area contributed by atoms with E-state index >= 15 is 0 Å². The van der Waals surface area contributed by atoms with Crippen LogP contribution in [0.4, 0.5) is 13.2 Å². The van der Waals surface area contributed by atoms with Crippen LogP contribution in [0.15, 0.2) is 60.1 Å². The number of benzene rings is 2. The zero-order valence-corrected chi connectivity index (χ0v) is 22.2. The van der Waals surface area contributed by atoms with Crippen LogP contribution in [0.2, 0.25) is 0 Å². The van der Waals surface area contributed by atoms with Gasteiger partial charge >= 0.3 is 6.18 Å². The summed E-state index contributed by atoms with van der Waals surface area (Å²) in [4.78, 5) is 7.07. The lowest BCUT2D eigenvalue weighted by atomic mass is 9.98. The summed E-state index contributed by atoms with van der Waals surface area (Å²) >= 11 is 0. The molecule has 2 aromatic rings. The van der Waals surface area contributed by atoms with E-state index in [-0.39, 0.29) is 24.1 Å². The third-order valence-electron chi connectivity index (χ3n) is 6.32. The molecule has 10 heteroatoms. The van der Waals surface area contributed by atoms with Gasteiger partial charge in [0.2, 0.25) is 0 Å². The van der Waals surface area contributed by atoms with Crippen molar-refractivity contribution in [3.8, 4) is 11.5 Å². The van der Waals surface area contributed by atoms with Crippen LogP contribution in [0.5, 0.6) is 11.5 Å². The predicted molar refractivity (Wildman–Crippen MR) is 141 cm³/mol. The Balaban J connectivity index is 2.13. The Bertz CT molecular complexity index is 1120. The van der Waals surface area contributed by atoms with Crippen molar-refractivity contribution < 1.29 is 27.2 Å². The molecule has 3 rings (SSSR count). The molecule has 2 aromatic carbocycles. The molecular weight excluding hydrogens is 503 g/mol. The average Bonchev–Trinajstić information content (AvgIpc) is 3.24. The summed E-state index contributed by atoms with van der Waals surface area (Å²) < 4.78 is 61.5. The molecule has 37 heavy (non-hydrogen) atoms. The summed E-state index contributed by atoms with van der Waals surface area (Å²) in [7, 11) is -1.53. The van der Waals surface area contributed by atoms with E-state index in [1.165, 1.54) is 6.07 Å². The first-order valence-electron chi connectivity index (χ1n) is 12.4. The molecule has 1 aliphatic rings. The van der Waals surface area contributed by atoms with Crippen LogP contribution < -0.4 is 4.74 Å². The topological polar surface area (TPSA) is 65.4 Å². The molecule has 0 fully saturated rings. The van der Waals surface area contributed by atoms with Gasteiger partial charge < -0.3 is 14.7 Å². The van der Waals surface area contributed by atoms with E-state index in [0.29, 0.717) is 30.1 Å². The number of amidine groups is 1. The van der Waals surface area contributed by atoms with Gasteiger partial charge in [-0.05, 0) is 62.3 Å². The van der Waals surface area contributed by atoms with Crippen LogP contribution >= 0.6 is 0 Å². The van der Waals surface area contributed by atoms with Crippen molar-refractivity contribution in [3.05, 3.63) is 71.8 Å². The Morgan fingerprint density at radius 3 is 2.41 bits per heavy atom. The highest BCUT2D eigenvalue weighted by molar-refractivity contribution is 7.83. The van der Waals surface area contributed by atoms with E-state index in [2.05, 4.69) is 11.5 Å². The van der Waals surface area contributed by atoms with Gasteiger partial charge in [-0.2, -0.15) is 13.2 Å². The normalized spacial score (nSPS) is 18.7. The molecule has 0 spiro atoms. The van der Waals surface area contributed by atoms with Gasteiger partial charge in [0.05, 0.1) is 35.6 Å². The Morgan fingerprint density at radius 2 is 1.84 bits per heavy atom. The number of halogens is 3. The largest absolute Gasteiger partial charge is 0.508 e. The van der Waals surface area contributed by atoms with Gasteiger partial charge in [-0.1, -0.05) is 32.1 Å². The van der Waals surface area contributed by atoms with Gasteiger partial charge in [0.25, 0.3) is 0 Å². The molecule has 3 unspecified atom stereocenters. The molecule has 3 atom stereocenters. The summed E-state index contributed by atoms with van der Waals surface area (Å²) in [5, 5.41) is 9.77. The fourth-order valence-corrected chi connectivity index (χ4v) is 5.82. The van der Waals surface area contributed by atoms with Crippen molar-refractivity contribution in [2.24, 2.45) is 4.99 Å². The molecular formula is C27H34F3N3O3S. The summed E-state index contributed by atoms with van der Waals surface area (Å²) in [6.45, 7) is 12.0. The van der Waals surface area contributed by atoms with Gasteiger partial charge in [-0.15, -0.1) is 6.58 Å². The lowest BCUT2D eigenvalue weighted by molar-refractivity contribution is -0.137. The molecule has 0 amide bonds. The monoisotopic (exact) mass is 537 g/mol. The summed E-state index contributed by atoms with van der Waals surface area (Å²) in [6.07, 6.45) is -2.37. The SMILES string of the molecule is C=CCC1C(c2ccc(O)cc2)N=C(c2ccc(C(F)(F)F)cc2OCC)N1S(=O)CCN(CC)CC. The number of phenols is 1. The standard InChI is InChI=1S/C27H34F3N3O3S/c1-5-9-23-25(19-10-13-21(34)14-11-19)31-26(33(23)37(35)17-16-32(6-2)7-3)22-15-12-20(27(28,29)30)18-24(22)36-8-4/h5,10-15,18,23,25,34H,1,6-9,16-17H2,2-4H3. The zero-order chi connectivity index (χ0) is 27.2. The predicted octanol–water partition coefficient (Wildman–Crippen LogP) is 5.56. The van der Waals surface area contributed by atoms with Gasteiger partial charge in [-0.3, -0.25) is 9.30 Å². The number of hydrogen-bond acceptors (Lipinski definition) is 5. The first kappa shape index (κ1) is 28.7. The molecule has 0 radical (unpaired) electrons. The fourth-order valence-electron chi connectivity index (χ4n) is 4.36. The fraction of sp³-hybridized carbons (Fsp3) is 0.444. The molecule has 0 aliphatic carbocycles. The van der Waals surface area contributed by atoms with Crippen LogP contribution in [0.25, 0.3) is 0 Å². The summed E-state index contributed by atoms with van der Waals surface area (Å²) in [6, 6.07) is 9.05. The summed E-state index contributed by atoms with van der Waals surface area (Å²) in [5.41, 5.74) is 0.307. The van der Waals surface area contributed by atoms with Crippen molar-refractivity contribution in [2.45, 2.75) is 45.5 Å². The van der Waals surface area contributed by atoms with Gasteiger partial charge in [-0.25, -0.2) is 4.21 Å². The average molecular weight is 538 g/mol. The third kappa shape index (κ3) is 6.73. The summed E-state index contributed by atoms with van der Waals surface area (Å²) in [5.74, 6) is 0.791. The highest BCUT2D eigenvalue weighted by Gasteiger charge is 2.41. The van der Waals surface area contributed by atoms with Crippen molar-refractivity contribution in [1.29, 1.82) is 0 Å². The van der Waals surface area contributed by atoms with Crippen molar-refractivity contribution in [3.63, 3.8) is 0 Å². The van der Waals surface area contributed by atoms with E-state index in [1.807, 2.05) is 13.8 Å². The van der Waals surface area contributed by atoms with E-state index in [1.54, 1.807) is 41.6 Å². The molecule has 0 saturated heterocycles. The number of phenolic OH excluding ortho intramolecular Hbond substituents is 1. The van der Waals surface area contributed by atoms with E-state index in [9.17, 15) is 22.5 Å². The van der Waals surface area contributed by atoms with Crippen molar-refractivity contribution in [2.75, 3.05) is 32.0 Å². The van der Waals surface area contributed by atoms with Crippen LogP contribution in [0.1, 0.15) is 49.9 Å². The second-order valence-corrected chi connectivity index (χ2v) is 10.0. The first-order chi connectivity index (χ1) is 17.6. The number of rotatable bonds is 12. The van der Waals surface area contributed by atoms with Gasteiger partial charge in [0.15, 0.2) is 0 Å². The molecule has 202 valence electrons. The Kier molecular flexibility index (Phi) is 9.78. The lowest BCUT2D eigenvalue weighted by Crippen LogP contribution is -2.42. The minimum atomic E-state index is -4.53. The van der Waals surface area contributed by atoms with Crippen LogP contribution in [-0.2, 0) is 17.2 Å². The number of aromatic hydroxyl groups is 1. The van der Waals surface area contributed by atoms with Gasteiger partial charge in [0, 0.05) is 6.54 Å². The number of aliphatic imine (C=N–C) groups is 1. The van der Waals surface area contributed by atoms with Crippen LogP contribution in [-0.4, -0.2) is 62.4 Å². The van der Waals surface area contributed by atoms with Crippen LogP contribution in [0, 0.1) is 0 Å².